The van der Waals surface area contributed by atoms with Crippen LogP contribution >= 0.6 is 0 Å². The number of aryl methyl sites for hydroxylation is 1. The number of carbonyl (C=O) groups is 1. The Morgan fingerprint density at radius 1 is 1.07 bits per heavy atom. The number of carbonyl (C=O) groups excluding carboxylic acids is 1. The first-order valence-electron chi connectivity index (χ1n) is 8.74. The summed E-state index contributed by atoms with van der Waals surface area (Å²) in [7, 11) is -3.72. The SMILES string of the molecule is Cc1nn(Cc2ccccc2)c(C)c1CNS(=O)(=O)c1ccc(C(N)=O)cc1. The molecule has 3 rings (SSSR count). The van der Waals surface area contributed by atoms with Gasteiger partial charge in [0.15, 0.2) is 0 Å². The van der Waals surface area contributed by atoms with Crippen LogP contribution in [0, 0.1) is 13.8 Å². The Morgan fingerprint density at radius 3 is 2.32 bits per heavy atom. The molecule has 3 aromatic rings. The molecule has 0 saturated heterocycles. The molecule has 0 radical (unpaired) electrons. The Bertz CT molecular complexity index is 1090. The molecule has 28 heavy (non-hydrogen) atoms. The predicted octanol–water partition coefficient (Wildman–Crippen LogP) is 2.13. The molecule has 146 valence electrons. The van der Waals surface area contributed by atoms with Crippen LogP contribution in [-0.4, -0.2) is 24.1 Å². The van der Waals surface area contributed by atoms with Gasteiger partial charge in [0.2, 0.25) is 15.9 Å². The van der Waals surface area contributed by atoms with E-state index in [1.54, 1.807) is 0 Å². The fourth-order valence-electron chi connectivity index (χ4n) is 2.95. The minimum atomic E-state index is -3.72. The average Bonchev–Trinajstić information content (AvgIpc) is 2.94. The second kappa shape index (κ2) is 7.95. The highest BCUT2D eigenvalue weighted by molar-refractivity contribution is 7.89. The number of aromatic nitrogens is 2. The zero-order valence-electron chi connectivity index (χ0n) is 15.7. The quantitative estimate of drug-likeness (QED) is 0.636. The number of rotatable bonds is 7. The van der Waals surface area contributed by atoms with E-state index in [-0.39, 0.29) is 17.0 Å². The topological polar surface area (TPSA) is 107 Å². The molecular formula is C20H22N4O3S. The first-order valence-corrected chi connectivity index (χ1v) is 10.2. The summed E-state index contributed by atoms with van der Waals surface area (Å²) < 4.78 is 29.6. The van der Waals surface area contributed by atoms with Crippen LogP contribution in [0.3, 0.4) is 0 Å². The first-order chi connectivity index (χ1) is 13.3. The molecule has 8 heteroatoms. The average molecular weight is 398 g/mol. The van der Waals surface area contributed by atoms with E-state index < -0.39 is 15.9 Å². The Balaban J connectivity index is 1.75. The molecule has 3 N–H and O–H groups in total. The summed E-state index contributed by atoms with van der Waals surface area (Å²) in [6, 6.07) is 15.5. The van der Waals surface area contributed by atoms with Crippen LogP contribution in [0.1, 0.15) is 32.9 Å². The standard InChI is InChI=1S/C20H22N4O3S/c1-14-19(15(2)24(23-14)13-16-6-4-3-5-7-16)12-22-28(26,27)18-10-8-17(9-11-18)20(21)25/h3-11,22H,12-13H2,1-2H3,(H2,21,25). The van der Waals surface area contributed by atoms with Gasteiger partial charge in [0, 0.05) is 23.4 Å². The number of nitrogens with zero attached hydrogens (tertiary/aromatic N) is 2. The molecule has 0 aliphatic heterocycles. The van der Waals surface area contributed by atoms with Crippen molar-refractivity contribution in [3.8, 4) is 0 Å². The fraction of sp³-hybridized carbons (Fsp3) is 0.200. The van der Waals surface area contributed by atoms with Gasteiger partial charge in [0.1, 0.15) is 0 Å². The Morgan fingerprint density at radius 2 is 1.71 bits per heavy atom. The lowest BCUT2D eigenvalue weighted by molar-refractivity contribution is 0.1000. The number of primary amides is 1. The second-order valence-electron chi connectivity index (χ2n) is 6.51. The maximum atomic E-state index is 12.6. The second-order valence-corrected chi connectivity index (χ2v) is 8.27. The van der Waals surface area contributed by atoms with Gasteiger partial charge in [-0.2, -0.15) is 5.10 Å². The van der Waals surface area contributed by atoms with Crippen LogP contribution in [0.2, 0.25) is 0 Å². The van der Waals surface area contributed by atoms with Gasteiger partial charge >= 0.3 is 0 Å². The molecule has 0 atom stereocenters. The van der Waals surface area contributed by atoms with Gasteiger partial charge in [0.05, 0.1) is 17.1 Å². The highest BCUT2D eigenvalue weighted by Gasteiger charge is 2.18. The normalized spacial score (nSPS) is 11.5. The van der Waals surface area contributed by atoms with E-state index in [1.165, 1.54) is 24.3 Å². The summed E-state index contributed by atoms with van der Waals surface area (Å²) in [5.41, 5.74) is 9.09. The lowest BCUT2D eigenvalue weighted by Crippen LogP contribution is -2.24. The molecule has 0 bridgehead atoms. The zero-order chi connectivity index (χ0) is 20.3. The van der Waals surface area contributed by atoms with E-state index in [4.69, 9.17) is 5.73 Å². The minimum Gasteiger partial charge on any atom is -0.366 e. The van der Waals surface area contributed by atoms with Crippen LogP contribution in [0.25, 0.3) is 0 Å². The molecule has 0 spiro atoms. The number of amides is 1. The molecule has 2 aromatic carbocycles. The Kier molecular flexibility index (Phi) is 5.62. The van der Waals surface area contributed by atoms with Crippen molar-refractivity contribution < 1.29 is 13.2 Å². The van der Waals surface area contributed by atoms with Gasteiger partial charge in [-0.3, -0.25) is 9.48 Å². The Hall–Kier alpha value is -2.97. The maximum Gasteiger partial charge on any atom is 0.248 e. The molecular weight excluding hydrogens is 376 g/mol. The smallest absolute Gasteiger partial charge is 0.248 e. The van der Waals surface area contributed by atoms with E-state index >= 15 is 0 Å². The number of benzene rings is 2. The third-order valence-corrected chi connectivity index (χ3v) is 6.01. The molecule has 1 aromatic heterocycles. The van der Waals surface area contributed by atoms with Crippen LogP contribution in [0.4, 0.5) is 0 Å². The van der Waals surface area contributed by atoms with Crippen LogP contribution < -0.4 is 10.5 Å². The van der Waals surface area contributed by atoms with Gasteiger partial charge < -0.3 is 5.73 Å². The number of nitrogens with one attached hydrogen (secondary N) is 1. The maximum absolute atomic E-state index is 12.6. The summed E-state index contributed by atoms with van der Waals surface area (Å²) >= 11 is 0. The van der Waals surface area contributed by atoms with E-state index in [9.17, 15) is 13.2 Å². The number of hydrogen-bond donors (Lipinski definition) is 2. The van der Waals surface area contributed by atoms with Crippen molar-refractivity contribution in [3.63, 3.8) is 0 Å². The van der Waals surface area contributed by atoms with Crippen molar-refractivity contribution in [3.05, 3.63) is 82.7 Å². The summed E-state index contributed by atoms with van der Waals surface area (Å²) in [4.78, 5) is 11.2. The van der Waals surface area contributed by atoms with E-state index in [2.05, 4.69) is 9.82 Å². The molecule has 0 aliphatic carbocycles. The summed E-state index contributed by atoms with van der Waals surface area (Å²) in [5.74, 6) is -0.603. The number of nitrogens with two attached hydrogens (primary N) is 1. The van der Waals surface area contributed by atoms with Crippen molar-refractivity contribution in [1.82, 2.24) is 14.5 Å². The monoisotopic (exact) mass is 398 g/mol. The third-order valence-electron chi connectivity index (χ3n) is 4.59. The van der Waals surface area contributed by atoms with Gasteiger partial charge in [-0.25, -0.2) is 13.1 Å². The fourth-order valence-corrected chi connectivity index (χ4v) is 3.94. The van der Waals surface area contributed by atoms with Gasteiger partial charge in [-0.05, 0) is 43.7 Å². The van der Waals surface area contributed by atoms with Gasteiger partial charge in [-0.15, -0.1) is 0 Å². The van der Waals surface area contributed by atoms with Crippen molar-refractivity contribution >= 4 is 15.9 Å². The summed E-state index contributed by atoms with van der Waals surface area (Å²) in [6.45, 7) is 4.54. The minimum absolute atomic E-state index is 0.0736. The highest BCUT2D eigenvalue weighted by Crippen LogP contribution is 2.17. The summed E-state index contributed by atoms with van der Waals surface area (Å²) in [6.07, 6.45) is 0. The van der Waals surface area contributed by atoms with E-state index in [0.717, 1.165) is 22.5 Å². The molecule has 1 amide bonds. The van der Waals surface area contributed by atoms with Crippen molar-refractivity contribution in [1.29, 1.82) is 0 Å². The number of hydrogen-bond acceptors (Lipinski definition) is 4. The predicted molar refractivity (Wildman–Crippen MR) is 106 cm³/mol. The van der Waals surface area contributed by atoms with Gasteiger partial charge in [-0.1, -0.05) is 30.3 Å². The molecule has 0 unspecified atom stereocenters. The van der Waals surface area contributed by atoms with E-state index in [1.807, 2.05) is 48.9 Å². The third kappa shape index (κ3) is 4.29. The molecule has 1 heterocycles. The Labute approximate surface area is 164 Å². The lowest BCUT2D eigenvalue weighted by atomic mass is 10.2. The van der Waals surface area contributed by atoms with Crippen LogP contribution in [0.15, 0.2) is 59.5 Å². The van der Waals surface area contributed by atoms with Crippen LogP contribution in [-0.2, 0) is 23.1 Å². The van der Waals surface area contributed by atoms with Crippen molar-refractivity contribution in [2.45, 2.75) is 31.8 Å². The molecule has 7 nitrogen and oxygen atoms in total. The molecule has 0 saturated carbocycles. The summed E-state index contributed by atoms with van der Waals surface area (Å²) in [5, 5.41) is 4.54. The largest absolute Gasteiger partial charge is 0.366 e. The molecule has 0 fully saturated rings. The van der Waals surface area contributed by atoms with Crippen molar-refractivity contribution in [2.75, 3.05) is 0 Å². The highest BCUT2D eigenvalue weighted by atomic mass is 32.2. The van der Waals surface area contributed by atoms with Crippen molar-refractivity contribution in [2.24, 2.45) is 5.73 Å². The molecule has 0 aliphatic rings. The number of sulfonamides is 1. The first kappa shape index (κ1) is 19.8. The van der Waals surface area contributed by atoms with Gasteiger partial charge in [0.25, 0.3) is 0 Å². The lowest BCUT2D eigenvalue weighted by Gasteiger charge is -2.09. The zero-order valence-corrected chi connectivity index (χ0v) is 16.5. The van der Waals surface area contributed by atoms with E-state index in [0.29, 0.717) is 6.54 Å². The van der Waals surface area contributed by atoms with Crippen LogP contribution in [0.5, 0.6) is 0 Å².